The molecule has 0 unspecified atom stereocenters. The molecule has 0 atom stereocenters. The molecular weight excluding hydrogens is 431 g/mol. The number of nitrogens with zero attached hydrogens (tertiary/aromatic N) is 3. The molecule has 31 heavy (non-hydrogen) atoms. The summed E-state index contributed by atoms with van der Waals surface area (Å²) >= 11 is 12.1. The summed E-state index contributed by atoms with van der Waals surface area (Å²) in [6, 6.07) is 13.6. The van der Waals surface area contributed by atoms with Crippen LogP contribution in [-0.2, 0) is 11.8 Å². The molecule has 0 saturated carbocycles. The minimum Gasteiger partial charge on any atom is -0.357 e. The molecule has 1 amide bonds. The molecule has 1 aliphatic heterocycles. The average molecular weight is 453 g/mol. The van der Waals surface area contributed by atoms with E-state index in [1.807, 2.05) is 18.1 Å². The quantitative estimate of drug-likeness (QED) is 0.578. The van der Waals surface area contributed by atoms with Crippen molar-refractivity contribution in [2.75, 3.05) is 25.5 Å². The molecule has 2 aromatic carbocycles. The smallest absolute Gasteiger partial charge is 0.253 e. The van der Waals surface area contributed by atoms with Crippen LogP contribution in [0.25, 0.3) is 11.3 Å². The Hall–Kier alpha value is -2.63. The highest BCUT2D eigenvalue weighted by Crippen LogP contribution is 2.48. The topological polar surface area (TPSA) is 58.1 Å². The van der Waals surface area contributed by atoms with Crippen molar-refractivity contribution in [3.63, 3.8) is 0 Å². The SMILES string of the molecule is CNc1ncc2c(n1)-c1ccccc1C1(CCN(C(=O)c3ccc(Cl)c(Cl)c3)CC1)C2. The zero-order valence-corrected chi connectivity index (χ0v) is 18.7. The van der Waals surface area contributed by atoms with Gasteiger partial charge in [0, 0.05) is 42.9 Å². The number of hydrogen-bond acceptors (Lipinski definition) is 4. The summed E-state index contributed by atoms with van der Waals surface area (Å²) in [5.74, 6) is 0.631. The van der Waals surface area contributed by atoms with E-state index in [0.717, 1.165) is 25.0 Å². The van der Waals surface area contributed by atoms with Crippen LogP contribution in [0.4, 0.5) is 5.95 Å². The van der Waals surface area contributed by atoms with Crippen molar-refractivity contribution in [2.24, 2.45) is 0 Å². The second-order valence-electron chi connectivity index (χ2n) is 8.24. The maximum atomic E-state index is 13.0. The minimum atomic E-state index is -0.0114. The second kappa shape index (κ2) is 7.81. The summed E-state index contributed by atoms with van der Waals surface area (Å²) < 4.78 is 0. The number of halogens is 2. The van der Waals surface area contributed by atoms with Crippen LogP contribution < -0.4 is 5.32 Å². The predicted molar refractivity (Wildman–Crippen MR) is 124 cm³/mol. The average Bonchev–Trinajstić information content (AvgIpc) is 2.81. The van der Waals surface area contributed by atoms with Gasteiger partial charge >= 0.3 is 0 Å². The van der Waals surface area contributed by atoms with Gasteiger partial charge in [-0.15, -0.1) is 0 Å². The van der Waals surface area contributed by atoms with Crippen molar-refractivity contribution in [1.82, 2.24) is 14.9 Å². The molecule has 1 N–H and O–H groups in total. The van der Waals surface area contributed by atoms with Gasteiger partial charge in [0.15, 0.2) is 0 Å². The number of piperidine rings is 1. The monoisotopic (exact) mass is 452 g/mol. The number of nitrogens with one attached hydrogen (secondary N) is 1. The van der Waals surface area contributed by atoms with Crippen LogP contribution in [0.1, 0.15) is 34.3 Å². The lowest BCUT2D eigenvalue weighted by Gasteiger charge is -2.45. The Bertz CT molecular complexity index is 1170. The second-order valence-corrected chi connectivity index (χ2v) is 9.06. The van der Waals surface area contributed by atoms with Gasteiger partial charge in [-0.25, -0.2) is 9.97 Å². The lowest BCUT2D eigenvalue weighted by atomic mass is 9.64. The van der Waals surface area contributed by atoms with E-state index in [1.54, 1.807) is 18.2 Å². The van der Waals surface area contributed by atoms with Crippen molar-refractivity contribution < 1.29 is 4.79 Å². The fraction of sp³-hybridized carbons (Fsp3) is 0.292. The Morgan fingerprint density at radius 1 is 1.10 bits per heavy atom. The molecule has 5 nitrogen and oxygen atoms in total. The van der Waals surface area contributed by atoms with Gasteiger partial charge < -0.3 is 10.2 Å². The van der Waals surface area contributed by atoms with Gasteiger partial charge in [0.25, 0.3) is 5.91 Å². The van der Waals surface area contributed by atoms with Gasteiger partial charge in [-0.1, -0.05) is 47.5 Å². The number of hydrogen-bond donors (Lipinski definition) is 1. The molecule has 1 saturated heterocycles. The van der Waals surface area contributed by atoms with Crippen LogP contribution in [0, 0.1) is 0 Å². The maximum absolute atomic E-state index is 13.0. The molecule has 0 radical (unpaired) electrons. The van der Waals surface area contributed by atoms with Gasteiger partial charge in [0.2, 0.25) is 5.95 Å². The van der Waals surface area contributed by atoms with Gasteiger partial charge in [-0.05, 0) is 48.6 Å². The number of rotatable bonds is 2. The van der Waals surface area contributed by atoms with Crippen molar-refractivity contribution in [1.29, 1.82) is 0 Å². The summed E-state index contributed by atoms with van der Waals surface area (Å²) in [4.78, 5) is 24.2. The van der Waals surface area contributed by atoms with E-state index < -0.39 is 0 Å². The largest absolute Gasteiger partial charge is 0.357 e. The maximum Gasteiger partial charge on any atom is 0.253 e. The molecule has 2 aliphatic rings. The predicted octanol–water partition coefficient (Wildman–Crippen LogP) is 5.22. The highest BCUT2D eigenvalue weighted by Gasteiger charge is 2.42. The van der Waals surface area contributed by atoms with Crippen LogP contribution in [-0.4, -0.2) is 40.9 Å². The molecule has 2 heterocycles. The third-order valence-electron chi connectivity index (χ3n) is 6.54. The summed E-state index contributed by atoms with van der Waals surface area (Å²) in [7, 11) is 1.83. The summed E-state index contributed by atoms with van der Waals surface area (Å²) in [6.07, 6.45) is 4.62. The van der Waals surface area contributed by atoms with E-state index in [2.05, 4.69) is 34.6 Å². The number of carbonyl (C=O) groups excluding carboxylic acids is 1. The lowest BCUT2D eigenvalue weighted by Crippen LogP contribution is -2.47. The standard InChI is InChI=1S/C24H22Cl2N4O/c1-27-23-28-14-16-13-24(18-5-3-2-4-17(18)21(16)29-23)8-10-30(11-9-24)22(31)15-6-7-19(25)20(26)12-15/h2-7,12,14H,8-11,13H2,1H3,(H,27,28,29). The zero-order chi connectivity index (χ0) is 21.6. The van der Waals surface area contributed by atoms with E-state index >= 15 is 0 Å². The first-order valence-electron chi connectivity index (χ1n) is 10.4. The summed E-state index contributed by atoms with van der Waals surface area (Å²) in [5.41, 5.74) is 5.24. The third kappa shape index (κ3) is 3.46. The van der Waals surface area contributed by atoms with Crippen LogP contribution >= 0.6 is 23.2 Å². The zero-order valence-electron chi connectivity index (χ0n) is 17.2. The van der Waals surface area contributed by atoms with Crippen LogP contribution in [0.2, 0.25) is 10.0 Å². The Balaban J connectivity index is 1.43. The lowest BCUT2D eigenvalue weighted by molar-refractivity contribution is 0.0664. The Kier molecular flexibility index (Phi) is 5.11. The van der Waals surface area contributed by atoms with Gasteiger partial charge in [0.1, 0.15) is 0 Å². The third-order valence-corrected chi connectivity index (χ3v) is 7.28. The van der Waals surface area contributed by atoms with E-state index in [4.69, 9.17) is 28.2 Å². The molecule has 1 fully saturated rings. The first-order valence-corrected chi connectivity index (χ1v) is 11.1. The van der Waals surface area contributed by atoms with E-state index in [0.29, 0.717) is 34.6 Å². The van der Waals surface area contributed by atoms with Crippen molar-refractivity contribution in [3.05, 3.63) is 75.4 Å². The number of aromatic nitrogens is 2. The number of amides is 1. The Morgan fingerprint density at radius 2 is 1.87 bits per heavy atom. The van der Waals surface area contributed by atoms with Gasteiger partial charge in [-0.3, -0.25) is 4.79 Å². The Labute approximate surface area is 191 Å². The molecule has 5 rings (SSSR count). The molecule has 1 aliphatic carbocycles. The van der Waals surface area contributed by atoms with E-state index in [1.165, 1.54) is 16.7 Å². The molecule has 158 valence electrons. The summed E-state index contributed by atoms with van der Waals surface area (Å²) in [5, 5.41) is 3.89. The molecule has 3 aromatic rings. The highest BCUT2D eigenvalue weighted by atomic mass is 35.5. The van der Waals surface area contributed by atoms with Gasteiger partial charge in [-0.2, -0.15) is 0 Å². The normalized spacial score (nSPS) is 16.5. The summed E-state index contributed by atoms with van der Waals surface area (Å²) in [6.45, 7) is 1.39. The Morgan fingerprint density at radius 3 is 2.61 bits per heavy atom. The van der Waals surface area contributed by atoms with Crippen molar-refractivity contribution in [3.8, 4) is 11.3 Å². The number of anilines is 1. The van der Waals surface area contributed by atoms with Crippen molar-refractivity contribution >= 4 is 35.1 Å². The fourth-order valence-electron chi connectivity index (χ4n) is 4.90. The molecule has 1 aromatic heterocycles. The molecule has 1 spiro atoms. The highest BCUT2D eigenvalue weighted by molar-refractivity contribution is 6.42. The first-order chi connectivity index (χ1) is 15.0. The molecule has 7 heteroatoms. The minimum absolute atomic E-state index is 0.0000864. The first kappa shape index (κ1) is 20.3. The number of carbonyl (C=O) groups is 1. The number of benzene rings is 2. The fourth-order valence-corrected chi connectivity index (χ4v) is 5.20. The molecule has 0 bridgehead atoms. The van der Waals surface area contributed by atoms with Crippen LogP contribution in [0.15, 0.2) is 48.7 Å². The molecular formula is C24H22Cl2N4O. The van der Waals surface area contributed by atoms with Gasteiger partial charge in [0.05, 0.1) is 15.7 Å². The van der Waals surface area contributed by atoms with E-state index in [-0.39, 0.29) is 11.3 Å². The number of fused-ring (bicyclic) bond motifs is 4. The number of likely N-dealkylation sites (tertiary alicyclic amines) is 1. The van der Waals surface area contributed by atoms with Crippen LogP contribution in [0.5, 0.6) is 0 Å². The van der Waals surface area contributed by atoms with Crippen LogP contribution in [0.3, 0.4) is 0 Å². The van der Waals surface area contributed by atoms with Crippen molar-refractivity contribution in [2.45, 2.75) is 24.7 Å². The van der Waals surface area contributed by atoms with E-state index in [9.17, 15) is 4.79 Å².